The van der Waals surface area contributed by atoms with Crippen molar-refractivity contribution in [2.24, 2.45) is 5.14 Å². The van der Waals surface area contributed by atoms with Crippen molar-refractivity contribution in [1.82, 2.24) is 0 Å². The van der Waals surface area contributed by atoms with Gasteiger partial charge in [-0.25, -0.2) is 17.9 Å². The minimum atomic E-state index is -3.88. The highest BCUT2D eigenvalue weighted by Gasteiger charge is 2.09. The van der Waals surface area contributed by atoms with E-state index in [0.717, 1.165) is 6.07 Å². The second-order valence-corrected chi connectivity index (χ2v) is 4.37. The van der Waals surface area contributed by atoms with Gasteiger partial charge in [-0.1, -0.05) is 18.2 Å². The van der Waals surface area contributed by atoms with Gasteiger partial charge in [-0.3, -0.25) is 0 Å². The van der Waals surface area contributed by atoms with Gasteiger partial charge in [-0.05, 0) is 12.1 Å². The second-order valence-electron chi connectivity index (χ2n) is 2.81. The Balaban J connectivity index is 3.15. The van der Waals surface area contributed by atoms with E-state index in [9.17, 15) is 12.8 Å². The Morgan fingerprint density at radius 2 is 2.13 bits per heavy atom. The summed E-state index contributed by atoms with van der Waals surface area (Å²) < 4.78 is 35.0. The fourth-order valence-corrected chi connectivity index (χ4v) is 1.53. The van der Waals surface area contributed by atoms with E-state index in [1.54, 1.807) is 0 Å². The van der Waals surface area contributed by atoms with Crippen molar-refractivity contribution < 1.29 is 17.9 Å². The van der Waals surface area contributed by atoms with Crippen LogP contribution in [0.2, 0.25) is 0 Å². The Kier molecular flexibility index (Phi) is 3.57. The smallest absolute Gasteiger partial charge is 0.238 e. The van der Waals surface area contributed by atoms with Gasteiger partial charge >= 0.3 is 0 Å². The van der Waals surface area contributed by atoms with Crippen molar-refractivity contribution in [2.75, 3.05) is 6.61 Å². The Morgan fingerprint density at radius 3 is 2.60 bits per heavy atom. The van der Waals surface area contributed by atoms with Gasteiger partial charge in [0.05, 0.1) is 11.5 Å². The molecular weight excluding hydrogens is 221 g/mol. The number of sulfonamides is 1. The van der Waals surface area contributed by atoms with Gasteiger partial charge in [0, 0.05) is 5.56 Å². The number of rotatable bonds is 3. The highest BCUT2D eigenvalue weighted by molar-refractivity contribution is 7.89. The van der Waals surface area contributed by atoms with Gasteiger partial charge < -0.3 is 5.11 Å². The molecule has 1 aromatic carbocycles. The molecule has 0 spiro atoms. The lowest BCUT2D eigenvalue weighted by atomic mass is 10.2. The summed E-state index contributed by atoms with van der Waals surface area (Å²) in [6.45, 7) is -0.212. The average molecular weight is 231 g/mol. The minimum absolute atomic E-state index is 0.191. The monoisotopic (exact) mass is 231 g/mol. The molecule has 0 amide bonds. The number of aliphatic hydroxyl groups excluding tert-OH is 1. The van der Waals surface area contributed by atoms with Crippen LogP contribution in [-0.2, 0) is 10.0 Å². The first kappa shape index (κ1) is 11.8. The number of hydrogen-bond donors (Lipinski definition) is 2. The van der Waals surface area contributed by atoms with Gasteiger partial charge in [0.15, 0.2) is 0 Å². The Hall–Kier alpha value is -1.24. The standard InChI is InChI=1S/C9H10FNO3S/c10-9-6-8(15(11,13)14)4-3-7(9)2-1-5-12/h1-4,6,12H,5H2,(H2,11,13,14). The molecule has 0 aliphatic rings. The van der Waals surface area contributed by atoms with Crippen LogP contribution in [0.3, 0.4) is 0 Å². The molecule has 0 bridgehead atoms. The molecule has 1 rings (SSSR count). The number of hydrogen-bond acceptors (Lipinski definition) is 3. The first-order chi connectivity index (χ1) is 6.95. The maximum atomic E-state index is 13.3. The number of benzene rings is 1. The summed E-state index contributed by atoms with van der Waals surface area (Å²) in [6, 6.07) is 3.32. The molecule has 0 saturated heterocycles. The fourth-order valence-electron chi connectivity index (χ4n) is 1.000. The van der Waals surface area contributed by atoms with Crippen LogP contribution in [0, 0.1) is 5.82 Å². The number of aliphatic hydroxyl groups is 1. The number of nitrogens with two attached hydrogens (primary N) is 1. The van der Waals surface area contributed by atoms with E-state index >= 15 is 0 Å². The molecule has 1 aromatic rings. The fraction of sp³-hybridized carbons (Fsp3) is 0.111. The summed E-state index contributed by atoms with van der Waals surface area (Å²) in [7, 11) is -3.88. The molecule has 6 heteroatoms. The molecule has 0 aliphatic heterocycles. The molecule has 0 aliphatic carbocycles. The van der Waals surface area contributed by atoms with E-state index in [1.807, 2.05) is 0 Å². The van der Waals surface area contributed by atoms with E-state index in [0.29, 0.717) is 0 Å². The second kappa shape index (κ2) is 4.52. The molecule has 82 valence electrons. The molecular formula is C9H10FNO3S. The predicted octanol–water partition coefficient (Wildman–Crippen LogP) is 0.479. The summed E-state index contributed by atoms with van der Waals surface area (Å²) in [4.78, 5) is -0.277. The summed E-state index contributed by atoms with van der Waals surface area (Å²) in [5, 5.41) is 13.3. The molecule has 0 fully saturated rings. The van der Waals surface area contributed by atoms with Crippen molar-refractivity contribution >= 4 is 16.1 Å². The molecule has 15 heavy (non-hydrogen) atoms. The van der Waals surface area contributed by atoms with Crippen LogP contribution >= 0.6 is 0 Å². The molecule has 0 atom stereocenters. The lowest BCUT2D eigenvalue weighted by Gasteiger charge is -2.00. The van der Waals surface area contributed by atoms with E-state index in [1.165, 1.54) is 24.3 Å². The van der Waals surface area contributed by atoms with Crippen LogP contribution in [0.15, 0.2) is 29.2 Å². The third-order valence-corrected chi connectivity index (χ3v) is 2.61. The highest BCUT2D eigenvalue weighted by Crippen LogP contribution is 2.14. The van der Waals surface area contributed by atoms with Crippen LogP contribution in [0.5, 0.6) is 0 Å². The Bertz CT molecular complexity index is 482. The molecule has 0 radical (unpaired) electrons. The molecule has 0 aromatic heterocycles. The first-order valence-electron chi connectivity index (χ1n) is 4.05. The highest BCUT2D eigenvalue weighted by atomic mass is 32.2. The van der Waals surface area contributed by atoms with E-state index in [4.69, 9.17) is 10.2 Å². The van der Waals surface area contributed by atoms with Crippen molar-refractivity contribution in [2.45, 2.75) is 4.90 Å². The van der Waals surface area contributed by atoms with Gasteiger partial charge in [-0.2, -0.15) is 0 Å². The van der Waals surface area contributed by atoms with Gasteiger partial charge in [0.2, 0.25) is 10.0 Å². The molecule has 0 saturated carbocycles. The largest absolute Gasteiger partial charge is 0.392 e. The number of halogens is 1. The molecule has 0 unspecified atom stereocenters. The van der Waals surface area contributed by atoms with Crippen LogP contribution in [0.25, 0.3) is 6.08 Å². The van der Waals surface area contributed by atoms with Crippen LogP contribution in [0.4, 0.5) is 4.39 Å². The van der Waals surface area contributed by atoms with Gasteiger partial charge in [0.1, 0.15) is 5.82 Å². The van der Waals surface area contributed by atoms with E-state index in [2.05, 4.69) is 0 Å². The normalized spacial score (nSPS) is 12.2. The van der Waals surface area contributed by atoms with Crippen molar-refractivity contribution in [3.05, 3.63) is 35.7 Å². The van der Waals surface area contributed by atoms with Crippen molar-refractivity contribution in [1.29, 1.82) is 0 Å². The summed E-state index contributed by atoms with van der Waals surface area (Å²) in [5.74, 6) is -0.703. The third-order valence-electron chi connectivity index (χ3n) is 1.70. The Labute approximate surface area is 86.9 Å². The molecule has 4 nitrogen and oxygen atoms in total. The summed E-state index contributed by atoms with van der Waals surface area (Å²) in [6.07, 6.45) is 2.69. The zero-order valence-electron chi connectivity index (χ0n) is 7.72. The minimum Gasteiger partial charge on any atom is -0.392 e. The van der Waals surface area contributed by atoms with E-state index in [-0.39, 0.29) is 17.1 Å². The topological polar surface area (TPSA) is 80.4 Å². The lowest BCUT2D eigenvalue weighted by molar-refractivity contribution is 0.343. The maximum Gasteiger partial charge on any atom is 0.238 e. The summed E-state index contributed by atoms with van der Waals surface area (Å²) in [5.41, 5.74) is 0.191. The Morgan fingerprint density at radius 1 is 1.47 bits per heavy atom. The maximum absolute atomic E-state index is 13.3. The van der Waals surface area contributed by atoms with Gasteiger partial charge in [-0.15, -0.1) is 0 Å². The zero-order valence-corrected chi connectivity index (χ0v) is 8.54. The van der Waals surface area contributed by atoms with E-state index < -0.39 is 15.8 Å². The lowest BCUT2D eigenvalue weighted by Crippen LogP contribution is -2.12. The van der Waals surface area contributed by atoms with Crippen LogP contribution in [0.1, 0.15) is 5.56 Å². The van der Waals surface area contributed by atoms with Crippen LogP contribution in [-0.4, -0.2) is 20.1 Å². The molecule has 0 heterocycles. The third kappa shape index (κ3) is 3.12. The number of primary sulfonamides is 1. The van der Waals surface area contributed by atoms with Gasteiger partial charge in [0.25, 0.3) is 0 Å². The first-order valence-corrected chi connectivity index (χ1v) is 5.59. The average Bonchev–Trinajstić information content (AvgIpc) is 2.14. The quantitative estimate of drug-likeness (QED) is 0.793. The SMILES string of the molecule is NS(=O)(=O)c1ccc(C=CCO)c(F)c1. The van der Waals surface area contributed by atoms with Crippen LogP contribution < -0.4 is 5.14 Å². The van der Waals surface area contributed by atoms with Crippen molar-refractivity contribution in [3.8, 4) is 0 Å². The predicted molar refractivity (Wildman–Crippen MR) is 53.9 cm³/mol. The molecule has 3 N–H and O–H groups in total. The van der Waals surface area contributed by atoms with Crippen molar-refractivity contribution in [3.63, 3.8) is 0 Å². The zero-order chi connectivity index (χ0) is 11.5. The summed E-state index contributed by atoms with van der Waals surface area (Å²) >= 11 is 0.